The van der Waals surface area contributed by atoms with E-state index in [-0.39, 0.29) is 11.4 Å². The molecule has 0 saturated carbocycles. The molecule has 4 rings (SSSR count). The van der Waals surface area contributed by atoms with Crippen LogP contribution in [-0.2, 0) is 16.6 Å². The molecule has 3 heterocycles. The van der Waals surface area contributed by atoms with Crippen LogP contribution >= 0.6 is 22.7 Å². The van der Waals surface area contributed by atoms with Crippen LogP contribution in [-0.4, -0.2) is 22.8 Å². The van der Waals surface area contributed by atoms with Crippen LogP contribution in [0.1, 0.15) is 39.8 Å². The molecule has 0 fully saturated rings. The quantitative estimate of drug-likeness (QED) is 0.711. The van der Waals surface area contributed by atoms with E-state index in [9.17, 15) is 4.79 Å². The van der Waals surface area contributed by atoms with Crippen LogP contribution in [0.4, 0.5) is 0 Å². The van der Waals surface area contributed by atoms with Gasteiger partial charge in [-0.05, 0) is 51.7 Å². The van der Waals surface area contributed by atoms with Crippen molar-refractivity contribution in [3.8, 4) is 0 Å². The van der Waals surface area contributed by atoms with E-state index in [1.165, 1.54) is 11.1 Å². The van der Waals surface area contributed by atoms with Gasteiger partial charge < -0.3 is 4.74 Å². The third-order valence-corrected chi connectivity index (χ3v) is 5.78. The topological polar surface area (TPSA) is 55.0 Å². The number of hydrogen-bond acceptors (Lipinski definition) is 5. The molecule has 0 radical (unpaired) electrons. The molecule has 3 aromatic heterocycles. The van der Waals surface area contributed by atoms with Crippen LogP contribution in [0.3, 0.4) is 0 Å². The molecule has 24 heavy (non-hydrogen) atoms. The maximum atomic E-state index is 12.1. The fourth-order valence-electron chi connectivity index (χ4n) is 3.22. The van der Waals surface area contributed by atoms with Crippen molar-refractivity contribution >= 4 is 34.7 Å². The summed E-state index contributed by atoms with van der Waals surface area (Å²) in [6, 6.07) is 4.33. The van der Waals surface area contributed by atoms with Crippen LogP contribution in [0.5, 0.6) is 0 Å². The summed E-state index contributed by atoms with van der Waals surface area (Å²) in [7, 11) is 0. The van der Waals surface area contributed by atoms with Crippen molar-refractivity contribution in [1.82, 2.24) is 10.2 Å². The first kappa shape index (κ1) is 15.4. The van der Waals surface area contributed by atoms with Gasteiger partial charge in [-0.15, -0.1) is 0 Å². The van der Waals surface area contributed by atoms with Crippen LogP contribution < -0.4 is 0 Å². The monoisotopic (exact) mass is 356 g/mol. The number of esters is 1. The summed E-state index contributed by atoms with van der Waals surface area (Å²) < 4.78 is 5.10. The van der Waals surface area contributed by atoms with Gasteiger partial charge in [0.05, 0.1) is 6.61 Å². The van der Waals surface area contributed by atoms with Gasteiger partial charge in [0, 0.05) is 23.1 Å². The van der Waals surface area contributed by atoms with E-state index in [1.54, 1.807) is 29.6 Å². The number of hydrogen-bond donors (Lipinski definition) is 1. The predicted octanol–water partition coefficient (Wildman–Crippen LogP) is 4.27. The molecule has 3 aromatic rings. The highest BCUT2D eigenvalue weighted by atomic mass is 32.1. The lowest BCUT2D eigenvalue weighted by molar-refractivity contribution is 0.0519. The van der Waals surface area contributed by atoms with Crippen LogP contribution in [0.15, 0.2) is 39.7 Å². The van der Waals surface area contributed by atoms with E-state index in [0.717, 1.165) is 17.7 Å². The second-order valence-corrected chi connectivity index (χ2v) is 7.25. The summed E-state index contributed by atoms with van der Waals surface area (Å²) in [5, 5.41) is 15.8. The highest BCUT2D eigenvalue weighted by Crippen LogP contribution is 2.43. The fourth-order valence-corrected chi connectivity index (χ4v) is 4.70. The summed E-state index contributed by atoms with van der Waals surface area (Å²) in [6.07, 6.45) is 4.94. The average Bonchev–Trinajstić information content (AvgIpc) is 3.34. The number of aromatic amines is 1. The SMILES string of the molecule is CCOC(=O)c1n[nH]c2c1C=CC(c1ccsc1)(c1ccsc1)C2. The van der Waals surface area contributed by atoms with Gasteiger partial charge in [-0.2, -0.15) is 27.8 Å². The molecule has 0 unspecified atom stereocenters. The lowest BCUT2D eigenvalue weighted by Crippen LogP contribution is -2.29. The Hall–Kier alpha value is -2.18. The number of allylic oxidation sites excluding steroid dienone is 1. The molecular formula is C18H16N2O2S2. The number of fused-ring (bicyclic) bond motifs is 1. The number of nitrogens with zero attached hydrogens (tertiary/aromatic N) is 1. The maximum absolute atomic E-state index is 12.1. The van der Waals surface area contributed by atoms with Crippen molar-refractivity contribution in [2.75, 3.05) is 6.61 Å². The minimum atomic E-state index is -0.377. The van der Waals surface area contributed by atoms with Crippen LogP contribution in [0, 0.1) is 0 Å². The molecule has 0 saturated heterocycles. The molecule has 0 atom stereocenters. The minimum Gasteiger partial charge on any atom is -0.461 e. The molecule has 1 aliphatic carbocycles. The van der Waals surface area contributed by atoms with Crippen LogP contribution in [0.2, 0.25) is 0 Å². The number of aromatic nitrogens is 2. The van der Waals surface area contributed by atoms with E-state index in [0.29, 0.717) is 12.3 Å². The molecule has 0 spiro atoms. The first-order valence-corrected chi connectivity index (χ1v) is 9.62. The molecule has 0 amide bonds. The van der Waals surface area contributed by atoms with Gasteiger partial charge in [-0.25, -0.2) is 4.79 Å². The van der Waals surface area contributed by atoms with Crippen molar-refractivity contribution in [2.45, 2.75) is 18.8 Å². The van der Waals surface area contributed by atoms with Gasteiger partial charge in [-0.1, -0.05) is 12.2 Å². The summed E-state index contributed by atoms with van der Waals surface area (Å²) in [5.41, 5.74) is 4.49. The minimum absolute atomic E-state index is 0.217. The van der Waals surface area contributed by atoms with E-state index in [4.69, 9.17) is 4.74 Å². The Labute approximate surface area is 147 Å². The molecule has 6 heteroatoms. The first-order valence-electron chi connectivity index (χ1n) is 7.73. The Bertz CT molecular complexity index is 842. The van der Waals surface area contributed by atoms with Crippen molar-refractivity contribution in [3.63, 3.8) is 0 Å². The zero-order valence-electron chi connectivity index (χ0n) is 13.1. The van der Waals surface area contributed by atoms with Crippen molar-refractivity contribution in [2.24, 2.45) is 0 Å². The van der Waals surface area contributed by atoms with Gasteiger partial charge in [0.1, 0.15) is 0 Å². The van der Waals surface area contributed by atoms with E-state index in [1.807, 2.05) is 6.08 Å². The first-order chi connectivity index (χ1) is 11.7. The van der Waals surface area contributed by atoms with Gasteiger partial charge in [-0.3, -0.25) is 5.10 Å². The number of carbonyl (C=O) groups is 1. The lowest BCUT2D eigenvalue weighted by atomic mass is 9.70. The maximum Gasteiger partial charge on any atom is 0.359 e. The number of H-pyrrole nitrogens is 1. The Balaban J connectivity index is 1.80. The molecule has 122 valence electrons. The summed E-state index contributed by atoms with van der Waals surface area (Å²) in [4.78, 5) is 12.1. The number of ether oxygens (including phenoxy) is 1. The average molecular weight is 356 g/mol. The molecule has 0 aliphatic heterocycles. The number of rotatable bonds is 4. The smallest absolute Gasteiger partial charge is 0.359 e. The molecule has 0 aromatic carbocycles. The number of thiophene rings is 2. The van der Waals surface area contributed by atoms with Gasteiger partial charge >= 0.3 is 5.97 Å². The van der Waals surface area contributed by atoms with E-state index < -0.39 is 0 Å². The molecule has 4 nitrogen and oxygen atoms in total. The third-order valence-electron chi connectivity index (χ3n) is 4.41. The zero-order valence-corrected chi connectivity index (χ0v) is 14.7. The summed E-state index contributed by atoms with van der Waals surface area (Å²) in [6.45, 7) is 2.14. The van der Waals surface area contributed by atoms with Gasteiger partial charge in [0.2, 0.25) is 0 Å². The molecule has 0 bridgehead atoms. The van der Waals surface area contributed by atoms with E-state index in [2.05, 4.69) is 49.9 Å². The Kier molecular flexibility index (Phi) is 3.86. The predicted molar refractivity (Wildman–Crippen MR) is 96.7 cm³/mol. The van der Waals surface area contributed by atoms with Crippen molar-refractivity contribution in [1.29, 1.82) is 0 Å². The second kappa shape index (κ2) is 6.03. The second-order valence-electron chi connectivity index (χ2n) is 5.69. The van der Waals surface area contributed by atoms with Crippen LogP contribution in [0.25, 0.3) is 6.08 Å². The fraction of sp³-hybridized carbons (Fsp3) is 0.222. The lowest BCUT2D eigenvalue weighted by Gasteiger charge is -2.32. The van der Waals surface area contributed by atoms with Crippen molar-refractivity contribution < 1.29 is 9.53 Å². The third kappa shape index (κ3) is 2.34. The largest absolute Gasteiger partial charge is 0.461 e. The normalized spacial score (nSPS) is 15.2. The van der Waals surface area contributed by atoms with Gasteiger partial charge in [0.15, 0.2) is 5.69 Å². The standard InChI is InChI=1S/C18H16N2O2S2/c1-2-22-17(21)16-14-3-6-18(9-15(14)19-20-16,12-4-7-23-10-12)13-5-8-24-11-13/h3-8,10-11H,2,9H2,1H3,(H,19,20). The summed E-state index contributed by atoms with van der Waals surface area (Å²) >= 11 is 3.39. The highest BCUT2D eigenvalue weighted by Gasteiger charge is 2.37. The number of nitrogens with one attached hydrogen (secondary N) is 1. The highest BCUT2D eigenvalue weighted by molar-refractivity contribution is 7.08. The Morgan fingerprint density at radius 3 is 2.58 bits per heavy atom. The van der Waals surface area contributed by atoms with Crippen molar-refractivity contribution in [3.05, 3.63) is 67.8 Å². The van der Waals surface area contributed by atoms with E-state index >= 15 is 0 Å². The van der Waals surface area contributed by atoms with Gasteiger partial charge in [0.25, 0.3) is 0 Å². The summed E-state index contributed by atoms with van der Waals surface area (Å²) in [5.74, 6) is -0.377. The molecule has 1 aliphatic rings. The zero-order chi connectivity index (χ0) is 16.6. The molecular weight excluding hydrogens is 340 g/mol. The number of carbonyl (C=O) groups excluding carboxylic acids is 1. The Morgan fingerprint density at radius 2 is 2.00 bits per heavy atom. The molecule has 1 N–H and O–H groups in total. The Morgan fingerprint density at radius 1 is 1.29 bits per heavy atom.